The molecule has 4 rings (SSSR count). The van der Waals surface area contributed by atoms with Crippen molar-refractivity contribution in [2.24, 2.45) is 11.7 Å². The second-order valence-electron chi connectivity index (χ2n) is 5.88. The highest BCUT2D eigenvalue weighted by atomic mass is 15.1. The molecule has 22 heavy (non-hydrogen) atoms. The number of pyridine rings is 1. The molecule has 4 N–H and O–H groups in total. The molecule has 6 heteroatoms. The predicted molar refractivity (Wildman–Crippen MR) is 86.0 cm³/mol. The second kappa shape index (κ2) is 5.06. The summed E-state index contributed by atoms with van der Waals surface area (Å²) >= 11 is 0. The number of nitrogens with zero attached hydrogens (tertiary/aromatic N) is 4. The highest BCUT2D eigenvalue weighted by molar-refractivity contribution is 6.00. The average Bonchev–Trinajstić information content (AvgIpc) is 2.88. The lowest BCUT2D eigenvalue weighted by Crippen LogP contribution is -2.31. The standard InChI is InChI=1S/C16H18N6/c17-6-10-4-12(5-10)22-8-13(11-2-1-3-19-7-11)14-15(18)20-9-21-16(14)22/h1-3,7-10,12H,4-6,17H2,(H2,18,20,21). The Balaban J connectivity index is 1.87. The summed E-state index contributed by atoms with van der Waals surface area (Å²) in [5.74, 6) is 1.13. The molecule has 1 aliphatic rings. The minimum Gasteiger partial charge on any atom is -0.383 e. The third kappa shape index (κ3) is 1.95. The van der Waals surface area contributed by atoms with Crippen LogP contribution in [0.5, 0.6) is 0 Å². The Labute approximate surface area is 128 Å². The van der Waals surface area contributed by atoms with Gasteiger partial charge in [0.1, 0.15) is 17.8 Å². The van der Waals surface area contributed by atoms with Gasteiger partial charge >= 0.3 is 0 Å². The zero-order valence-electron chi connectivity index (χ0n) is 12.2. The van der Waals surface area contributed by atoms with E-state index in [0.29, 0.717) is 17.8 Å². The van der Waals surface area contributed by atoms with E-state index in [0.717, 1.165) is 41.5 Å². The maximum Gasteiger partial charge on any atom is 0.146 e. The molecule has 3 aromatic rings. The van der Waals surface area contributed by atoms with Crippen molar-refractivity contribution in [1.29, 1.82) is 0 Å². The summed E-state index contributed by atoms with van der Waals surface area (Å²) in [6.45, 7) is 0.752. The van der Waals surface area contributed by atoms with Crippen LogP contribution in [0.2, 0.25) is 0 Å². The van der Waals surface area contributed by atoms with E-state index >= 15 is 0 Å². The SMILES string of the molecule is NCC1CC(n2cc(-c3cccnc3)c3c(N)ncnc32)C1. The molecule has 0 aromatic carbocycles. The highest BCUT2D eigenvalue weighted by Crippen LogP contribution is 2.42. The number of rotatable bonds is 3. The number of anilines is 1. The van der Waals surface area contributed by atoms with Crippen LogP contribution in [0.3, 0.4) is 0 Å². The fourth-order valence-electron chi connectivity index (χ4n) is 3.25. The quantitative estimate of drug-likeness (QED) is 0.770. The molecule has 0 saturated heterocycles. The molecule has 0 unspecified atom stereocenters. The zero-order chi connectivity index (χ0) is 15.1. The van der Waals surface area contributed by atoms with Gasteiger partial charge in [0.25, 0.3) is 0 Å². The van der Waals surface area contributed by atoms with Crippen molar-refractivity contribution in [3.05, 3.63) is 37.1 Å². The van der Waals surface area contributed by atoms with Crippen molar-refractivity contribution in [2.45, 2.75) is 18.9 Å². The number of fused-ring (bicyclic) bond motifs is 1. The lowest BCUT2D eigenvalue weighted by molar-refractivity contribution is 0.209. The van der Waals surface area contributed by atoms with Gasteiger partial charge in [-0.3, -0.25) is 4.98 Å². The smallest absolute Gasteiger partial charge is 0.146 e. The van der Waals surface area contributed by atoms with Crippen molar-refractivity contribution < 1.29 is 0 Å². The molecule has 6 nitrogen and oxygen atoms in total. The van der Waals surface area contributed by atoms with Gasteiger partial charge < -0.3 is 16.0 Å². The second-order valence-corrected chi connectivity index (χ2v) is 5.88. The van der Waals surface area contributed by atoms with Crippen LogP contribution >= 0.6 is 0 Å². The molecule has 3 aromatic heterocycles. The fraction of sp³-hybridized carbons (Fsp3) is 0.312. The van der Waals surface area contributed by atoms with E-state index in [1.165, 1.54) is 6.33 Å². The van der Waals surface area contributed by atoms with Crippen molar-refractivity contribution in [1.82, 2.24) is 19.5 Å². The van der Waals surface area contributed by atoms with Gasteiger partial charge in [0, 0.05) is 35.8 Å². The number of hydrogen-bond acceptors (Lipinski definition) is 5. The molecular weight excluding hydrogens is 276 g/mol. The van der Waals surface area contributed by atoms with E-state index in [1.807, 2.05) is 18.3 Å². The van der Waals surface area contributed by atoms with E-state index in [2.05, 4.69) is 25.7 Å². The van der Waals surface area contributed by atoms with Crippen molar-refractivity contribution in [3.63, 3.8) is 0 Å². The van der Waals surface area contributed by atoms with Gasteiger partial charge in [-0.15, -0.1) is 0 Å². The van der Waals surface area contributed by atoms with E-state index in [4.69, 9.17) is 11.5 Å². The fourth-order valence-corrected chi connectivity index (χ4v) is 3.25. The lowest BCUT2D eigenvalue weighted by Gasteiger charge is -2.35. The van der Waals surface area contributed by atoms with Crippen LogP contribution in [-0.2, 0) is 0 Å². The molecule has 112 valence electrons. The van der Waals surface area contributed by atoms with Crippen LogP contribution in [0, 0.1) is 5.92 Å². The largest absolute Gasteiger partial charge is 0.383 e. The van der Waals surface area contributed by atoms with Crippen LogP contribution in [0.4, 0.5) is 5.82 Å². The summed E-state index contributed by atoms with van der Waals surface area (Å²) < 4.78 is 2.22. The normalized spacial score (nSPS) is 21.0. The van der Waals surface area contributed by atoms with Gasteiger partial charge in [0.05, 0.1) is 5.39 Å². The minimum absolute atomic E-state index is 0.441. The Morgan fingerprint density at radius 1 is 1.27 bits per heavy atom. The number of aromatic nitrogens is 4. The Morgan fingerprint density at radius 3 is 2.86 bits per heavy atom. The highest BCUT2D eigenvalue weighted by Gasteiger charge is 2.31. The molecule has 0 bridgehead atoms. The van der Waals surface area contributed by atoms with E-state index in [9.17, 15) is 0 Å². The summed E-state index contributed by atoms with van der Waals surface area (Å²) in [4.78, 5) is 12.8. The first kappa shape index (κ1) is 13.2. The molecule has 1 fully saturated rings. The average molecular weight is 294 g/mol. The molecule has 0 radical (unpaired) electrons. The van der Waals surface area contributed by atoms with Gasteiger partial charge in [-0.2, -0.15) is 0 Å². The van der Waals surface area contributed by atoms with Crippen LogP contribution in [0.25, 0.3) is 22.2 Å². The number of hydrogen-bond donors (Lipinski definition) is 2. The Morgan fingerprint density at radius 2 is 2.14 bits per heavy atom. The number of nitrogen functional groups attached to an aromatic ring is 1. The zero-order valence-corrected chi connectivity index (χ0v) is 12.2. The number of nitrogens with two attached hydrogens (primary N) is 2. The molecule has 0 spiro atoms. The summed E-state index contributed by atoms with van der Waals surface area (Å²) in [5.41, 5.74) is 14.8. The van der Waals surface area contributed by atoms with Crippen LogP contribution in [0.15, 0.2) is 37.1 Å². The first-order valence-electron chi connectivity index (χ1n) is 7.49. The Bertz CT molecular complexity index is 804. The first-order valence-corrected chi connectivity index (χ1v) is 7.49. The predicted octanol–water partition coefficient (Wildman–Crippen LogP) is 1.99. The molecule has 1 saturated carbocycles. The van der Waals surface area contributed by atoms with Crippen LogP contribution in [0.1, 0.15) is 18.9 Å². The summed E-state index contributed by atoms with van der Waals surface area (Å²) in [6, 6.07) is 4.39. The Kier molecular flexibility index (Phi) is 3.04. The molecule has 0 atom stereocenters. The summed E-state index contributed by atoms with van der Waals surface area (Å²) in [7, 11) is 0. The Hall–Kier alpha value is -2.47. The van der Waals surface area contributed by atoms with Crippen LogP contribution < -0.4 is 11.5 Å². The van der Waals surface area contributed by atoms with Gasteiger partial charge in [-0.25, -0.2) is 9.97 Å². The van der Waals surface area contributed by atoms with Crippen LogP contribution in [-0.4, -0.2) is 26.1 Å². The monoisotopic (exact) mass is 294 g/mol. The maximum atomic E-state index is 6.12. The summed E-state index contributed by atoms with van der Waals surface area (Å²) in [6.07, 6.45) is 9.45. The van der Waals surface area contributed by atoms with Gasteiger partial charge in [0.15, 0.2) is 0 Å². The molecule has 0 aliphatic heterocycles. The first-order chi connectivity index (χ1) is 10.8. The van der Waals surface area contributed by atoms with Crippen molar-refractivity contribution in [3.8, 4) is 11.1 Å². The van der Waals surface area contributed by atoms with Gasteiger partial charge in [-0.1, -0.05) is 6.07 Å². The van der Waals surface area contributed by atoms with E-state index in [-0.39, 0.29) is 0 Å². The minimum atomic E-state index is 0.441. The van der Waals surface area contributed by atoms with Gasteiger partial charge in [0.2, 0.25) is 0 Å². The molecule has 1 aliphatic carbocycles. The molecular formula is C16H18N6. The molecule has 3 heterocycles. The topological polar surface area (TPSA) is 95.6 Å². The lowest BCUT2D eigenvalue weighted by atomic mass is 9.80. The van der Waals surface area contributed by atoms with E-state index < -0.39 is 0 Å². The van der Waals surface area contributed by atoms with Gasteiger partial charge in [-0.05, 0) is 31.4 Å². The summed E-state index contributed by atoms with van der Waals surface area (Å²) in [5, 5.41) is 0.909. The molecule has 0 amide bonds. The third-order valence-electron chi connectivity index (χ3n) is 4.55. The van der Waals surface area contributed by atoms with Crippen molar-refractivity contribution in [2.75, 3.05) is 12.3 Å². The van der Waals surface area contributed by atoms with E-state index in [1.54, 1.807) is 6.20 Å². The third-order valence-corrected chi connectivity index (χ3v) is 4.55. The van der Waals surface area contributed by atoms with Crippen molar-refractivity contribution >= 4 is 16.9 Å². The maximum absolute atomic E-state index is 6.12.